The number of halogens is 1. The molecule has 1 aromatic heterocycles. The summed E-state index contributed by atoms with van der Waals surface area (Å²) < 4.78 is 0. The molecule has 2 heterocycles. The van der Waals surface area contributed by atoms with Gasteiger partial charge in [0.2, 0.25) is 0 Å². The molecule has 0 bridgehead atoms. The van der Waals surface area contributed by atoms with E-state index in [2.05, 4.69) is 26.8 Å². The predicted octanol–water partition coefficient (Wildman–Crippen LogP) is 1.26. The molecular formula is C11H17ClN4. The molecule has 1 aliphatic heterocycles. The molecule has 0 radical (unpaired) electrons. The number of rotatable bonds is 2. The summed E-state index contributed by atoms with van der Waals surface area (Å²) in [5, 5.41) is 3.33. The van der Waals surface area contributed by atoms with Gasteiger partial charge in [0, 0.05) is 31.7 Å². The van der Waals surface area contributed by atoms with Crippen LogP contribution in [0.1, 0.15) is 11.3 Å². The van der Waals surface area contributed by atoms with Gasteiger partial charge in [-0.05, 0) is 6.92 Å². The number of hydrogen-bond donors (Lipinski definition) is 1. The Bertz CT molecular complexity index is 361. The van der Waals surface area contributed by atoms with E-state index in [4.69, 9.17) is 0 Å². The van der Waals surface area contributed by atoms with Crippen molar-refractivity contribution in [2.24, 2.45) is 0 Å². The number of hydrogen-bond acceptors (Lipinski definition) is 4. The van der Waals surface area contributed by atoms with Crippen LogP contribution in [0, 0.1) is 6.92 Å². The van der Waals surface area contributed by atoms with Crippen LogP contribution in [-0.4, -0.2) is 36.1 Å². The van der Waals surface area contributed by atoms with Crippen molar-refractivity contribution >= 4 is 24.3 Å². The van der Waals surface area contributed by atoms with Gasteiger partial charge in [0.1, 0.15) is 12.1 Å². The Morgan fingerprint density at radius 1 is 1.38 bits per heavy atom. The predicted molar refractivity (Wildman–Crippen MR) is 69.2 cm³/mol. The highest BCUT2D eigenvalue weighted by Crippen LogP contribution is 2.20. The number of anilines is 1. The first-order valence-electron chi connectivity index (χ1n) is 5.22. The third-order valence-corrected chi connectivity index (χ3v) is 2.68. The van der Waals surface area contributed by atoms with Crippen LogP contribution < -0.4 is 10.2 Å². The molecule has 0 aliphatic carbocycles. The van der Waals surface area contributed by atoms with Crippen LogP contribution >= 0.6 is 12.4 Å². The van der Waals surface area contributed by atoms with Crippen molar-refractivity contribution in [3.63, 3.8) is 0 Å². The zero-order valence-electron chi connectivity index (χ0n) is 9.44. The second kappa shape index (κ2) is 5.82. The Balaban J connectivity index is 0.00000128. The Morgan fingerprint density at radius 2 is 2.06 bits per heavy atom. The first-order chi connectivity index (χ1) is 7.33. The van der Waals surface area contributed by atoms with Gasteiger partial charge >= 0.3 is 0 Å². The Hall–Kier alpha value is -1.13. The first-order valence-corrected chi connectivity index (χ1v) is 5.22. The highest BCUT2D eigenvalue weighted by Gasteiger charge is 2.15. The van der Waals surface area contributed by atoms with Crippen molar-refractivity contribution in [2.75, 3.05) is 31.1 Å². The molecule has 1 saturated heterocycles. The van der Waals surface area contributed by atoms with Crippen molar-refractivity contribution in [3.8, 4) is 0 Å². The van der Waals surface area contributed by atoms with Gasteiger partial charge in [-0.25, -0.2) is 9.97 Å². The highest BCUT2D eigenvalue weighted by atomic mass is 35.5. The van der Waals surface area contributed by atoms with E-state index in [1.165, 1.54) is 0 Å². The molecule has 88 valence electrons. The van der Waals surface area contributed by atoms with E-state index in [-0.39, 0.29) is 12.4 Å². The van der Waals surface area contributed by atoms with E-state index in [9.17, 15) is 0 Å². The first kappa shape index (κ1) is 12.9. The topological polar surface area (TPSA) is 41.1 Å². The number of nitrogens with zero attached hydrogens (tertiary/aromatic N) is 3. The minimum Gasteiger partial charge on any atom is -0.353 e. The van der Waals surface area contributed by atoms with E-state index >= 15 is 0 Å². The second-order valence-corrected chi connectivity index (χ2v) is 3.64. The maximum atomic E-state index is 4.35. The fourth-order valence-electron chi connectivity index (χ4n) is 1.84. The molecule has 0 amide bonds. The third-order valence-electron chi connectivity index (χ3n) is 2.68. The van der Waals surface area contributed by atoms with E-state index < -0.39 is 0 Å². The molecule has 0 saturated carbocycles. The van der Waals surface area contributed by atoms with E-state index in [0.717, 1.165) is 43.3 Å². The molecule has 1 fully saturated rings. The quantitative estimate of drug-likeness (QED) is 0.845. The van der Waals surface area contributed by atoms with Gasteiger partial charge in [-0.2, -0.15) is 0 Å². The average Bonchev–Trinajstić information content (AvgIpc) is 2.30. The lowest BCUT2D eigenvalue weighted by Gasteiger charge is -2.29. The van der Waals surface area contributed by atoms with Gasteiger partial charge in [-0.15, -0.1) is 12.4 Å². The lowest BCUT2D eigenvalue weighted by Crippen LogP contribution is -2.44. The Morgan fingerprint density at radius 3 is 2.69 bits per heavy atom. The summed E-state index contributed by atoms with van der Waals surface area (Å²) in [7, 11) is 0. The van der Waals surface area contributed by atoms with Gasteiger partial charge in [-0.3, -0.25) is 0 Å². The average molecular weight is 241 g/mol. The molecular weight excluding hydrogens is 224 g/mol. The Labute approximate surface area is 102 Å². The van der Waals surface area contributed by atoms with Crippen molar-refractivity contribution in [1.29, 1.82) is 0 Å². The fraction of sp³-hybridized carbons (Fsp3) is 0.455. The van der Waals surface area contributed by atoms with Crippen molar-refractivity contribution < 1.29 is 0 Å². The van der Waals surface area contributed by atoms with Crippen LogP contribution in [-0.2, 0) is 0 Å². The SMILES string of the molecule is C=Cc1c(C)ncnc1N1CCNCC1.Cl. The highest BCUT2D eigenvalue weighted by molar-refractivity contribution is 5.85. The lowest BCUT2D eigenvalue weighted by molar-refractivity contribution is 0.584. The van der Waals surface area contributed by atoms with Crippen LogP contribution in [0.4, 0.5) is 5.82 Å². The van der Waals surface area contributed by atoms with E-state index in [0.29, 0.717) is 0 Å². The summed E-state index contributed by atoms with van der Waals surface area (Å²) in [6, 6.07) is 0. The van der Waals surface area contributed by atoms with Gasteiger partial charge in [0.25, 0.3) is 0 Å². The van der Waals surface area contributed by atoms with Gasteiger partial charge in [0.15, 0.2) is 0 Å². The Kier molecular flexibility index (Phi) is 4.71. The number of aryl methyl sites for hydroxylation is 1. The fourth-order valence-corrected chi connectivity index (χ4v) is 1.84. The smallest absolute Gasteiger partial charge is 0.139 e. The molecule has 0 aromatic carbocycles. The zero-order valence-corrected chi connectivity index (χ0v) is 10.3. The number of aromatic nitrogens is 2. The van der Waals surface area contributed by atoms with E-state index in [1.54, 1.807) is 6.33 Å². The zero-order chi connectivity index (χ0) is 10.7. The van der Waals surface area contributed by atoms with Crippen LogP contribution in [0.2, 0.25) is 0 Å². The molecule has 4 nitrogen and oxygen atoms in total. The minimum atomic E-state index is 0. The summed E-state index contributed by atoms with van der Waals surface area (Å²) in [5.74, 6) is 1.01. The van der Waals surface area contributed by atoms with Gasteiger partial charge < -0.3 is 10.2 Å². The monoisotopic (exact) mass is 240 g/mol. The molecule has 0 unspecified atom stereocenters. The summed E-state index contributed by atoms with van der Waals surface area (Å²) in [6.45, 7) is 9.84. The van der Waals surface area contributed by atoms with Crippen LogP contribution in [0.15, 0.2) is 12.9 Å². The van der Waals surface area contributed by atoms with Crippen molar-refractivity contribution in [3.05, 3.63) is 24.2 Å². The molecule has 0 spiro atoms. The van der Waals surface area contributed by atoms with Crippen LogP contribution in [0.25, 0.3) is 6.08 Å². The summed E-state index contributed by atoms with van der Waals surface area (Å²) in [4.78, 5) is 10.8. The van der Waals surface area contributed by atoms with Crippen molar-refractivity contribution in [1.82, 2.24) is 15.3 Å². The summed E-state index contributed by atoms with van der Waals surface area (Å²) >= 11 is 0. The maximum absolute atomic E-state index is 4.35. The van der Waals surface area contributed by atoms with E-state index in [1.807, 2.05) is 13.0 Å². The molecule has 1 aliphatic rings. The molecule has 2 rings (SSSR count). The second-order valence-electron chi connectivity index (χ2n) is 3.64. The molecule has 1 N–H and O–H groups in total. The third kappa shape index (κ3) is 2.51. The van der Waals surface area contributed by atoms with Crippen LogP contribution in [0.3, 0.4) is 0 Å². The normalized spacial score (nSPS) is 15.4. The maximum Gasteiger partial charge on any atom is 0.139 e. The standard InChI is InChI=1S/C11H16N4.ClH/c1-3-10-9(2)13-8-14-11(10)15-6-4-12-5-7-15;/h3,8,12H,1,4-7H2,2H3;1H. The van der Waals surface area contributed by atoms with Gasteiger partial charge in [0.05, 0.1) is 5.69 Å². The summed E-state index contributed by atoms with van der Waals surface area (Å²) in [5.41, 5.74) is 2.05. The lowest BCUT2D eigenvalue weighted by atomic mass is 10.2. The number of piperazine rings is 1. The molecule has 1 aromatic rings. The minimum absolute atomic E-state index is 0. The van der Waals surface area contributed by atoms with Gasteiger partial charge in [-0.1, -0.05) is 12.7 Å². The van der Waals surface area contributed by atoms with Crippen LogP contribution in [0.5, 0.6) is 0 Å². The number of nitrogens with one attached hydrogen (secondary N) is 1. The molecule has 5 heteroatoms. The van der Waals surface area contributed by atoms with Crippen molar-refractivity contribution in [2.45, 2.75) is 6.92 Å². The summed E-state index contributed by atoms with van der Waals surface area (Å²) in [6.07, 6.45) is 3.46. The molecule has 16 heavy (non-hydrogen) atoms. The molecule has 0 atom stereocenters. The largest absolute Gasteiger partial charge is 0.353 e.